The van der Waals surface area contributed by atoms with E-state index in [1.807, 2.05) is 34.9 Å². The molecule has 182 valence electrons. The van der Waals surface area contributed by atoms with Gasteiger partial charge in [-0.05, 0) is 36.8 Å². The zero-order valence-electron chi connectivity index (χ0n) is 20.0. The van der Waals surface area contributed by atoms with E-state index in [0.717, 1.165) is 16.9 Å². The molecule has 1 amide bonds. The number of imidazole rings is 1. The highest BCUT2D eigenvalue weighted by Crippen LogP contribution is 2.38. The number of amides is 1. The van der Waals surface area contributed by atoms with Gasteiger partial charge in [0.2, 0.25) is 5.75 Å². The number of ether oxygens (including phenoxy) is 3. The lowest BCUT2D eigenvalue weighted by atomic mass is 10.1. The van der Waals surface area contributed by atoms with Gasteiger partial charge in [-0.25, -0.2) is 9.37 Å². The van der Waals surface area contributed by atoms with E-state index >= 15 is 0 Å². The van der Waals surface area contributed by atoms with Gasteiger partial charge >= 0.3 is 0 Å². The van der Waals surface area contributed by atoms with Crippen LogP contribution in [0.15, 0.2) is 60.7 Å². The van der Waals surface area contributed by atoms with E-state index in [9.17, 15) is 9.18 Å². The normalized spacial score (nSPS) is 10.9. The SMILES string of the molecule is COc1cc(C(=O)NCCCc2nc3ccccc3n2Cc2ccccc2F)cc(OC)c1OC. The third kappa shape index (κ3) is 5.21. The number of carbonyl (C=O) groups is 1. The van der Waals surface area contributed by atoms with Gasteiger partial charge in [0, 0.05) is 24.1 Å². The predicted molar refractivity (Wildman–Crippen MR) is 132 cm³/mol. The average Bonchev–Trinajstić information content (AvgIpc) is 3.23. The first-order chi connectivity index (χ1) is 17.0. The second-order valence-corrected chi connectivity index (χ2v) is 7.97. The van der Waals surface area contributed by atoms with Crippen molar-refractivity contribution in [3.8, 4) is 17.2 Å². The number of halogens is 1. The van der Waals surface area contributed by atoms with Crippen LogP contribution in [0.3, 0.4) is 0 Å². The Labute approximate surface area is 203 Å². The molecule has 0 fully saturated rings. The van der Waals surface area contributed by atoms with Crippen molar-refractivity contribution >= 4 is 16.9 Å². The van der Waals surface area contributed by atoms with Gasteiger partial charge in [-0.2, -0.15) is 0 Å². The Morgan fingerprint density at radius 2 is 1.66 bits per heavy atom. The van der Waals surface area contributed by atoms with E-state index in [1.165, 1.54) is 27.4 Å². The summed E-state index contributed by atoms with van der Waals surface area (Å²) in [7, 11) is 4.53. The number of hydrogen-bond acceptors (Lipinski definition) is 5. The largest absolute Gasteiger partial charge is 0.493 e. The van der Waals surface area contributed by atoms with E-state index in [2.05, 4.69) is 5.32 Å². The lowest BCUT2D eigenvalue weighted by Gasteiger charge is -2.14. The van der Waals surface area contributed by atoms with Crippen molar-refractivity contribution in [1.82, 2.24) is 14.9 Å². The van der Waals surface area contributed by atoms with Crippen LogP contribution in [-0.2, 0) is 13.0 Å². The number of para-hydroxylation sites is 2. The van der Waals surface area contributed by atoms with Crippen molar-refractivity contribution in [1.29, 1.82) is 0 Å². The number of methoxy groups -OCH3 is 3. The summed E-state index contributed by atoms with van der Waals surface area (Å²) in [4.78, 5) is 17.5. The molecule has 0 saturated heterocycles. The maximum absolute atomic E-state index is 14.3. The van der Waals surface area contributed by atoms with Crippen molar-refractivity contribution in [3.05, 3.63) is 83.4 Å². The molecule has 0 unspecified atom stereocenters. The third-order valence-electron chi connectivity index (χ3n) is 5.81. The molecule has 4 rings (SSSR count). The number of hydrogen-bond donors (Lipinski definition) is 1. The van der Waals surface area contributed by atoms with Crippen LogP contribution in [0.4, 0.5) is 4.39 Å². The summed E-state index contributed by atoms with van der Waals surface area (Å²) in [6, 6.07) is 17.8. The number of rotatable bonds is 10. The summed E-state index contributed by atoms with van der Waals surface area (Å²) in [6.45, 7) is 0.832. The van der Waals surface area contributed by atoms with E-state index in [-0.39, 0.29) is 11.7 Å². The second-order valence-electron chi connectivity index (χ2n) is 7.97. The van der Waals surface area contributed by atoms with Gasteiger partial charge in [-0.15, -0.1) is 0 Å². The molecule has 1 aromatic heterocycles. The van der Waals surface area contributed by atoms with E-state index in [0.29, 0.717) is 54.3 Å². The minimum Gasteiger partial charge on any atom is -0.493 e. The van der Waals surface area contributed by atoms with Gasteiger partial charge in [-0.3, -0.25) is 4.79 Å². The number of benzene rings is 3. The Bertz CT molecular complexity index is 1310. The van der Waals surface area contributed by atoms with E-state index in [4.69, 9.17) is 19.2 Å². The predicted octanol–water partition coefficient (Wildman–Crippen LogP) is 4.61. The lowest BCUT2D eigenvalue weighted by Crippen LogP contribution is -2.25. The molecule has 0 radical (unpaired) electrons. The highest BCUT2D eigenvalue weighted by Gasteiger charge is 2.17. The molecule has 4 aromatic rings. The minimum absolute atomic E-state index is 0.242. The van der Waals surface area contributed by atoms with Crippen LogP contribution in [0.5, 0.6) is 17.2 Å². The molecule has 1 N–H and O–H groups in total. The number of nitrogens with zero attached hydrogens (tertiary/aromatic N) is 2. The van der Waals surface area contributed by atoms with E-state index in [1.54, 1.807) is 24.3 Å². The van der Waals surface area contributed by atoms with Gasteiger partial charge in [0.15, 0.2) is 11.5 Å². The maximum Gasteiger partial charge on any atom is 0.251 e. The van der Waals surface area contributed by atoms with Crippen LogP contribution in [0.1, 0.15) is 28.2 Å². The molecule has 8 heteroatoms. The van der Waals surface area contributed by atoms with Gasteiger partial charge in [0.25, 0.3) is 5.91 Å². The molecular formula is C27H28FN3O4. The van der Waals surface area contributed by atoms with Gasteiger partial charge in [0.1, 0.15) is 11.6 Å². The lowest BCUT2D eigenvalue weighted by molar-refractivity contribution is 0.0952. The quantitative estimate of drug-likeness (QED) is 0.338. The van der Waals surface area contributed by atoms with Crippen LogP contribution >= 0.6 is 0 Å². The van der Waals surface area contributed by atoms with Gasteiger partial charge < -0.3 is 24.1 Å². The maximum atomic E-state index is 14.3. The van der Waals surface area contributed by atoms with Crippen molar-refractivity contribution in [3.63, 3.8) is 0 Å². The summed E-state index contributed by atoms with van der Waals surface area (Å²) in [5, 5.41) is 2.93. The summed E-state index contributed by atoms with van der Waals surface area (Å²) in [5.41, 5.74) is 2.83. The fraction of sp³-hybridized carbons (Fsp3) is 0.259. The molecule has 0 aliphatic rings. The Morgan fingerprint density at radius 1 is 0.971 bits per heavy atom. The first-order valence-corrected chi connectivity index (χ1v) is 11.3. The summed E-state index contributed by atoms with van der Waals surface area (Å²) < 4.78 is 32.3. The van der Waals surface area contributed by atoms with Gasteiger partial charge in [-0.1, -0.05) is 30.3 Å². The second kappa shape index (κ2) is 10.9. The first-order valence-electron chi connectivity index (χ1n) is 11.3. The van der Waals surface area contributed by atoms with E-state index < -0.39 is 0 Å². The molecule has 0 spiro atoms. The van der Waals surface area contributed by atoms with Crippen molar-refractivity contribution in [2.75, 3.05) is 27.9 Å². The summed E-state index contributed by atoms with van der Waals surface area (Å²) in [5.74, 6) is 1.62. The molecule has 7 nitrogen and oxygen atoms in total. The molecule has 35 heavy (non-hydrogen) atoms. The number of carbonyl (C=O) groups excluding carboxylic acids is 1. The Balaban J connectivity index is 1.45. The molecule has 0 bridgehead atoms. The van der Waals surface area contributed by atoms with Crippen LogP contribution < -0.4 is 19.5 Å². The molecule has 0 atom stereocenters. The molecule has 3 aromatic carbocycles. The Hall–Kier alpha value is -4.07. The topological polar surface area (TPSA) is 74.6 Å². The van der Waals surface area contributed by atoms with Crippen molar-refractivity contribution < 1.29 is 23.4 Å². The highest BCUT2D eigenvalue weighted by molar-refractivity contribution is 5.95. The monoisotopic (exact) mass is 477 g/mol. The Kier molecular flexibility index (Phi) is 7.50. The number of aryl methyl sites for hydroxylation is 1. The fourth-order valence-corrected chi connectivity index (χ4v) is 4.05. The number of fused-ring (bicyclic) bond motifs is 1. The number of aromatic nitrogens is 2. The van der Waals surface area contributed by atoms with Crippen LogP contribution in [0.2, 0.25) is 0 Å². The molecular weight excluding hydrogens is 449 g/mol. The van der Waals surface area contributed by atoms with Gasteiger partial charge in [0.05, 0.1) is 38.9 Å². The van der Waals surface area contributed by atoms with Crippen molar-refractivity contribution in [2.45, 2.75) is 19.4 Å². The number of nitrogens with one attached hydrogen (secondary N) is 1. The zero-order valence-corrected chi connectivity index (χ0v) is 20.0. The average molecular weight is 478 g/mol. The van der Waals surface area contributed by atoms with Crippen LogP contribution in [-0.4, -0.2) is 43.3 Å². The minimum atomic E-state index is -0.246. The molecule has 1 heterocycles. The molecule has 0 aliphatic carbocycles. The molecule has 0 saturated carbocycles. The smallest absolute Gasteiger partial charge is 0.251 e. The Morgan fingerprint density at radius 3 is 2.34 bits per heavy atom. The molecule has 0 aliphatic heterocycles. The fourth-order valence-electron chi connectivity index (χ4n) is 4.05. The van der Waals surface area contributed by atoms with Crippen LogP contribution in [0.25, 0.3) is 11.0 Å². The van der Waals surface area contributed by atoms with Crippen LogP contribution in [0, 0.1) is 5.82 Å². The summed E-state index contributed by atoms with van der Waals surface area (Å²) in [6.07, 6.45) is 1.29. The zero-order chi connectivity index (χ0) is 24.8. The highest BCUT2D eigenvalue weighted by atomic mass is 19.1. The van der Waals surface area contributed by atoms with Crippen molar-refractivity contribution in [2.24, 2.45) is 0 Å². The first kappa shape index (κ1) is 24.1. The standard InChI is InChI=1S/C27H28FN3O4/c1-33-23-15-19(16-24(34-2)26(23)35-3)27(32)29-14-8-13-25-30-21-11-6-7-12-22(21)31(25)17-18-9-4-5-10-20(18)28/h4-7,9-12,15-16H,8,13-14,17H2,1-3H3,(H,29,32). The summed E-state index contributed by atoms with van der Waals surface area (Å²) >= 11 is 0. The third-order valence-corrected chi connectivity index (χ3v) is 5.81.